The lowest BCUT2D eigenvalue weighted by atomic mass is 10.2. The van der Waals surface area contributed by atoms with Crippen molar-refractivity contribution in [3.63, 3.8) is 0 Å². The van der Waals surface area contributed by atoms with E-state index in [1.54, 1.807) is 12.4 Å². The third-order valence-electron chi connectivity index (χ3n) is 1.76. The van der Waals surface area contributed by atoms with Gasteiger partial charge >= 0.3 is 5.97 Å². The first-order valence-corrected chi connectivity index (χ1v) is 5.55. The van der Waals surface area contributed by atoms with Crippen LogP contribution < -0.4 is 0 Å². The molecular formula is C12H11BrN2O2. The second kappa shape index (κ2) is 6.75. The number of hydrogen-bond donors (Lipinski definition) is 0. The van der Waals surface area contributed by atoms with Gasteiger partial charge in [0.05, 0.1) is 10.0 Å². The lowest BCUT2D eigenvalue weighted by Gasteiger charge is -2.03. The molecule has 0 atom stereocenters. The molecule has 0 saturated carbocycles. The average Bonchev–Trinajstić information content (AvgIpc) is 2.35. The molecule has 0 fully saturated rings. The Kier molecular flexibility index (Phi) is 5.29. The zero-order valence-electron chi connectivity index (χ0n) is 9.10. The van der Waals surface area contributed by atoms with Crippen molar-refractivity contribution in [1.29, 1.82) is 0 Å². The topological polar surface area (TPSA) is 52.1 Å². The summed E-state index contributed by atoms with van der Waals surface area (Å²) in [6, 6.07) is 0. The summed E-state index contributed by atoms with van der Waals surface area (Å²) in [5, 5.41) is 0. The fraction of sp³-hybridized carbons (Fsp3) is 0.0833. The van der Waals surface area contributed by atoms with Gasteiger partial charge in [0.1, 0.15) is 0 Å². The largest absolute Gasteiger partial charge is 0.454 e. The Hall–Kier alpha value is -1.75. The zero-order chi connectivity index (χ0) is 12.7. The summed E-state index contributed by atoms with van der Waals surface area (Å²) < 4.78 is 5.78. The molecule has 0 amide bonds. The first-order chi connectivity index (χ1) is 8.17. The fourth-order valence-corrected chi connectivity index (χ4v) is 1.18. The van der Waals surface area contributed by atoms with Gasteiger partial charge in [0, 0.05) is 12.4 Å². The summed E-state index contributed by atoms with van der Waals surface area (Å²) in [5.74, 6) is -0.0463. The summed E-state index contributed by atoms with van der Waals surface area (Å²) in [4.78, 5) is 19.5. The van der Waals surface area contributed by atoms with E-state index in [0.29, 0.717) is 11.4 Å². The Bertz CT molecular complexity index is 452. The molecule has 0 N–H and O–H groups in total. The number of carbonyl (C=O) groups is 1. The number of halogens is 1. The molecule has 0 unspecified atom stereocenters. The predicted molar refractivity (Wildman–Crippen MR) is 68.0 cm³/mol. The van der Waals surface area contributed by atoms with E-state index >= 15 is 0 Å². The van der Waals surface area contributed by atoms with E-state index < -0.39 is 5.97 Å². The molecule has 0 bridgehead atoms. The number of carbonyl (C=O) groups excluding carboxylic acids is 1. The molecular weight excluding hydrogens is 284 g/mol. The Morgan fingerprint density at radius 1 is 1.41 bits per heavy atom. The molecule has 0 aromatic carbocycles. The Morgan fingerprint density at radius 2 is 2.06 bits per heavy atom. The monoisotopic (exact) mass is 294 g/mol. The molecule has 1 rings (SSSR count). The van der Waals surface area contributed by atoms with Crippen molar-refractivity contribution in [2.75, 3.05) is 0 Å². The molecule has 0 radical (unpaired) electrons. The van der Waals surface area contributed by atoms with E-state index in [1.807, 2.05) is 0 Å². The van der Waals surface area contributed by atoms with E-state index in [1.165, 1.54) is 18.2 Å². The van der Waals surface area contributed by atoms with Crippen LogP contribution in [0.3, 0.4) is 0 Å². The number of ether oxygens (including phenoxy) is 1. The summed E-state index contributed by atoms with van der Waals surface area (Å²) >= 11 is 3.21. The van der Waals surface area contributed by atoms with Crippen LogP contribution in [0.5, 0.6) is 0 Å². The van der Waals surface area contributed by atoms with Crippen LogP contribution in [0, 0.1) is 0 Å². The highest BCUT2D eigenvalue weighted by atomic mass is 79.9. The van der Waals surface area contributed by atoms with Gasteiger partial charge in [-0.3, -0.25) is 0 Å². The minimum absolute atomic E-state index is 0.0223. The third kappa shape index (κ3) is 4.32. The van der Waals surface area contributed by atoms with Gasteiger partial charge < -0.3 is 4.74 Å². The highest BCUT2D eigenvalue weighted by Gasteiger charge is 2.07. The lowest BCUT2D eigenvalue weighted by Crippen LogP contribution is -2.08. The van der Waals surface area contributed by atoms with Crippen LogP contribution >= 0.6 is 15.9 Å². The second-order valence-corrected chi connectivity index (χ2v) is 3.87. The standard InChI is InChI=1S/C12H11BrN2O2/c1-3-5-9(4-2)12(16)17-8-11-14-6-10(13)7-15-11/h3-7H,1-2,8H2/b9-5+. The van der Waals surface area contributed by atoms with Gasteiger partial charge in [-0.15, -0.1) is 0 Å². The second-order valence-electron chi connectivity index (χ2n) is 2.96. The first-order valence-electron chi connectivity index (χ1n) is 4.76. The quantitative estimate of drug-likeness (QED) is 0.476. The average molecular weight is 295 g/mol. The van der Waals surface area contributed by atoms with Gasteiger partial charge in [0.15, 0.2) is 12.4 Å². The Labute approximate surface area is 108 Å². The highest BCUT2D eigenvalue weighted by molar-refractivity contribution is 9.10. The maximum atomic E-state index is 11.5. The maximum absolute atomic E-state index is 11.5. The van der Waals surface area contributed by atoms with Crippen molar-refractivity contribution in [2.24, 2.45) is 0 Å². The van der Waals surface area contributed by atoms with Crippen molar-refractivity contribution >= 4 is 21.9 Å². The smallest absolute Gasteiger partial charge is 0.338 e. The molecule has 0 aliphatic heterocycles. The Balaban J connectivity index is 2.59. The van der Waals surface area contributed by atoms with E-state index in [2.05, 4.69) is 39.1 Å². The van der Waals surface area contributed by atoms with Gasteiger partial charge in [-0.1, -0.05) is 25.3 Å². The fourth-order valence-electron chi connectivity index (χ4n) is 0.973. The van der Waals surface area contributed by atoms with Crippen LogP contribution in [0.4, 0.5) is 0 Å². The molecule has 88 valence electrons. The van der Waals surface area contributed by atoms with Crippen LogP contribution in [0.2, 0.25) is 0 Å². The van der Waals surface area contributed by atoms with Crippen molar-refractivity contribution in [2.45, 2.75) is 6.61 Å². The minimum atomic E-state index is -0.480. The number of esters is 1. The molecule has 17 heavy (non-hydrogen) atoms. The van der Waals surface area contributed by atoms with Crippen LogP contribution in [0.25, 0.3) is 0 Å². The molecule has 0 spiro atoms. The van der Waals surface area contributed by atoms with Crippen molar-refractivity contribution < 1.29 is 9.53 Å². The lowest BCUT2D eigenvalue weighted by molar-refractivity contribution is -0.140. The summed E-state index contributed by atoms with van der Waals surface area (Å²) in [5.41, 5.74) is 0.345. The van der Waals surface area contributed by atoms with E-state index in [0.717, 1.165) is 4.47 Å². The normalized spacial score (nSPS) is 10.8. The third-order valence-corrected chi connectivity index (χ3v) is 2.17. The zero-order valence-corrected chi connectivity index (χ0v) is 10.7. The number of allylic oxidation sites excluding steroid dienone is 2. The molecule has 4 nitrogen and oxygen atoms in total. The maximum Gasteiger partial charge on any atom is 0.338 e. The molecule has 0 saturated heterocycles. The van der Waals surface area contributed by atoms with Gasteiger partial charge in [0.2, 0.25) is 0 Å². The van der Waals surface area contributed by atoms with Crippen LogP contribution in [-0.4, -0.2) is 15.9 Å². The molecule has 0 aliphatic carbocycles. The van der Waals surface area contributed by atoms with Crippen molar-refractivity contribution in [3.8, 4) is 0 Å². The molecule has 0 aliphatic rings. The van der Waals surface area contributed by atoms with Crippen molar-refractivity contribution in [1.82, 2.24) is 9.97 Å². The van der Waals surface area contributed by atoms with E-state index in [4.69, 9.17) is 4.74 Å². The molecule has 1 heterocycles. The highest BCUT2D eigenvalue weighted by Crippen LogP contribution is 2.06. The van der Waals surface area contributed by atoms with E-state index in [-0.39, 0.29) is 6.61 Å². The van der Waals surface area contributed by atoms with Crippen LogP contribution in [0.15, 0.2) is 53.8 Å². The van der Waals surface area contributed by atoms with E-state index in [9.17, 15) is 4.79 Å². The first kappa shape index (κ1) is 13.3. The number of rotatable bonds is 5. The van der Waals surface area contributed by atoms with Crippen molar-refractivity contribution in [3.05, 3.63) is 59.6 Å². The molecule has 1 aromatic heterocycles. The SMILES string of the molecule is C=C/C=C(\C=C)C(=O)OCc1ncc(Br)cn1. The summed E-state index contributed by atoms with van der Waals surface area (Å²) in [6.45, 7) is 7.03. The minimum Gasteiger partial charge on any atom is -0.454 e. The molecule has 1 aromatic rings. The van der Waals surface area contributed by atoms with Gasteiger partial charge in [-0.05, 0) is 22.0 Å². The summed E-state index contributed by atoms with van der Waals surface area (Å²) in [6.07, 6.45) is 7.60. The van der Waals surface area contributed by atoms with Gasteiger partial charge in [-0.2, -0.15) is 0 Å². The number of nitrogens with zero attached hydrogens (tertiary/aromatic N) is 2. The molecule has 5 heteroatoms. The predicted octanol–water partition coefficient (Wildman–Crippen LogP) is 2.58. The van der Waals surface area contributed by atoms with Crippen LogP contribution in [-0.2, 0) is 16.1 Å². The van der Waals surface area contributed by atoms with Crippen LogP contribution in [0.1, 0.15) is 5.82 Å². The number of hydrogen-bond acceptors (Lipinski definition) is 4. The number of aromatic nitrogens is 2. The van der Waals surface area contributed by atoms with Gasteiger partial charge in [0.25, 0.3) is 0 Å². The Morgan fingerprint density at radius 3 is 2.59 bits per heavy atom. The summed E-state index contributed by atoms with van der Waals surface area (Å²) in [7, 11) is 0. The van der Waals surface area contributed by atoms with Gasteiger partial charge in [-0.25, -0.2) is 14.8 Å².